The highest BCUT2D eigenvalue weighted by Gasteiger charge is 2.08. The summed E-state index contributed by atoms with van der Waals surface area (Å²) in [5, 5.41) is 0. The Kier molecular flexibility index (Phi) is 2.22. The molecule has 0 N–H and O–H groups in total. The monoisotopic (exact) mass is 126 g/mol. The van der Waals surface area contributed by atoms with Gasteiger partial charge in [-0.25, -0.2) is 0 Å². The van der Waals surface area contributed by atoms with E-state index < -0.39 is 0 Å². The second kappa shape index (κ2) is 2.97. The minimum absolute atomic E-state index is 0.678. The van der Waals surface area contributed by atoms with Crippen molar-refractivity contribution in [3.05, 3.63) is 0 Å². The number of hydrogen-bond acceptors (Lipinski definition) is 2. The van der Waals surface area contributed by atoms with Gasteiger partial charge in [0.25, 0.3) is 0 Å². The molecule has 0 saturated heterocycles. The van der Waals surface area contributed by atoms with Crippen LogP contribution >= 0.6 is 0 Å². The standard InChI is InChI=1S/C7H14N2/c1-7(2)9-5-3-8-4-6-9/h3,7H,4-6H2,1-2H3. The fraction of sp³-hybridized carbons (Fsp3) is 0.857. The van der Waals surface area contributed by atoms with Crippen LogP contribution in [0.15, 0.2) is 4.99 Å². The van der Waals surface area contributed by atoms with Gasteiger partial charge < -0.3 is 0 Å². The maximum atomic E-state index is 4.14. The van der Waals surface area contributed by atoms with Crippen LogP contribution in [0.3, 0.4) is 0 Å². The molecule has 1 rings (SSSR count). The third kappa shape index (κ3) is 1.79. The average molecular weight is 126 g/mol. The molecule has 52 valence electrons. The summed E-state index contributed by atoms with van der Waals surface area (Å²) in [6.07, 6.45) is 2.00. The summed E-state index contributed by atoms with van der Waals surface area (Å²) in [6.45, 7) is 7.60. The van der Waals surface area contributed by atoms with Crippen molar-refractivity contribution in [2.24, 2.45) is 4.99 Å². The van der Waals surface area contributed by atoms with Gasteiger partial charge in [0, 0.05) is 25.3 Å². The van der Waals surface area contributed by atoms with Crippen molar-refractivity contribution in [1.82, 2.24) is 4.90 Å². The van der Waals surface area contributed by atoms with Crippen molar-refractivity contribution in [2.75, 3.05) is 19.6 Å². The smallest absolute Gasteiger partial charge is 0.0513 e. The normalized spacial score (nSPS) is 21.2. The van der Waals surface area contributed by atoms with E-state index in [1.54, 1.807) is 0 Å². The van der Waals surface area contributed by atoms with E-state index in [-0.39, 0.29) is 0 Å². The third-order valence-electron chi connectivity index (χ3n) is 1.69. The van der Waals surface area contributed by atoms with Crippen LogP contribution in [0.1, 0.15) is 13.8 Å². The van der Waals surface area contributed by atoms with Gasteiger partial charge in [0.2, 0.25) is 0 Å². The SMILES string of the molecule is CC(C)N1CC=NCC1. The zero-order valence-electron chi connectivity index (χ0n) is 6.17. The topological polar surface area (TPSA) is 15.6 Å². The second-order valence-electron chi connectivity index (χ2n) is 2.68. The van der Waals surface area contributed by atoms with Gasteiger partial charge in [-0.05, 0) is 13.8 Å². The molecule has 0 bridgehead atoms. The molecule has 0 aliphatic carbocycles. The van der Waals surface area contributed by atoms with Crippen LogP contribution in [-0.4, -0.2) is 36.8 Å². The van der Waals surface area contributed by atoms with Crippen LogP contribution in [0.2, 0.25) is 0 Å². The van der Waals surface area contributed by atoms with Gasteiger partial charge in [0.1, 0.15) is 0 Å². The quantitative estimate of drug-likeness (QED) is 0.507. The van der Waals surface area contributed by atoms with E-state index in [0.29, 0.717) is 6.04 Å². The minimum Gasteiger partial charge on any atom is -0.295 e. The van der Waals surface area contributed by atoms with Crippen molar-refractivity contribution in [2.45, 2.75) is 19.9 Å². The van der Waals surface area contributed by atoms with Crippen LogP contribution in [0.5, 0.6) is 0 Å². The highest BCUT2D eigenvalue weighted by molar-refractivity contribution is 5.60. The molecule has 0 aromatic carbocycles. The fourth-order valence-corrected chi connectivity index (χ4v) is 1.00. The van der Waals surface area contributed by atoms with E-state index in [1.165, 1.54) is 0 Å². The fourth-order valence-electron chi connectivity index (χ4n) is 1.00. The number of nitrogens with zero attached hydrogens (tertiary/aromatic N) is 2. The van der Waals surface area contributed by atoms with Crippen LogP contribution in [0.25, 0.3) is 0 Å². The molecule has 2 nitrogen and oxygen atoms in total. The second-order valence-corrected chi connectivity index (χ2v) is 2.68. The molecule has 1 aliphatic rings. The van der Waals surface area contributed by atoms with Gasteiger partial charge in [-0.2, -0.15) is 0 Å². The van der Waals surface area contributed by atoms with Crippen molar-refractivity contribution in [3.63, 3.8) is 0 Å². The molecule has 0 radical (unpaired) electrons. The first kappa shape index (κ1) is 6.75. The molecular weight excluding hydrogens is 112 g/mol. The Bertz CT molecular complexity index is 107. The van der Waals surface area contributed by atoms with Gasteiger partial charge in [-0.1, -0.05) is 0 Å². The average Bonchev–Trinajstić information content (AvgIpc) is 1.90. The van der Waals surface area contributed by atoms with Crippen molar-refractivity contribution in [3.8, 4) is 0 Å². The van der Waals surface area contributed by atoms with Crippen molar-refractivity contribution < 1.29 is 0 Å². The summed E-state index contributed by atoms with van der Waals surface area (Å²) in [4.78, 5) is 6.55. The summed E-state index contributed by atoms with van der Waals surface area (Å²) in [6, 6.07) is 0.678. The molecule has 0 aromatic rings. The van der Waals surface area contributed by atoms with Crippen LogP contribution in [-0.2, 0) is 0 Å². The molecule has 1 aliphatic heterocycles. The molecule has 0 saturated carbocycles. The Morgan fingerprint density at radius 2 is 2.33 bits per heavy atom. The van der Waals surface area contributed by atoms with Gasteiger partial charge in [0.15, 0.2) is 0 Å². The number of hydrogen-bond donors (Lipinski definition) is 0. The lowest BCUT2D eigenvalue weighted by molar-refractivity contribution is 0.255. The Balaban J connectivity index is 2.35. The highest BCUT2D eigenvalue weighted by Crippen LogP contribution is 1.98. The predicted molar refractivity (Wildman–Crippen MR) is 40.1 cm³/mol. The van der Waals surface area contributed by atoms with E-state index in [0.717, 1.165) is 19.6 Å². The summed E-state index contributed by atoms with van der Waals surface area (Å²) in [7, 11) is 0. The Morgan fingerprint density at radius 1 is 1.56 bits per heavy atom. The summed E-state index contributed by atoms with van der Waals surface area (Å²) in [5.74, 6) is 0. The largest absolute Gasteiger partial charge is 0.295 e. The van der Waals surface area contributed by atoms with Gasteiger partial charge in [-0.3, -0.25) is 9.89 Å². The molecule has 9 heavy (non-hydrogen) atoms. The van der Waals surface area contributed by atoms with E-state index in [1.807, 2.05) is 6.21 Å². The molecular formula is C7H14N2. The first-order chi connectivity index (χ1) is 4.30. The molecule has 0 atom stereocenters. The van der Waals surface area contributed by atoms with Gasteiger partial charge >= 0.3 is 0 Å². The van der Waals surface area contributed by atoms with Crippen molar-refractivity contribution in [1.29, 1.82) is 0 Å². The van der Waals surface area contributed by atoms with E-state index in [9.17, 15) is 0 Å². The van der Waals surface area contributed by atoms with Gasteiger partial charge in [-0.15, -0.1) is 0 Å². The summed E-state index contributed by atoms with van der Waals surface area (Å²) in [5.41, 5.74) is 0. The zero-order chi connectivity index (χ0) is 6.69. The maximum absolute atomic E-state index is 4.14. The lowest BCUT2D eigenvalue weighted by Crippen LogP contribution is -2.37. The van der Waals surface area contributed by atoms with Crippen LogP contribution in [0.4, 0.5) is 0 Å². The Labute approximate surface area is 56.6 Å². The Morgan fingerprint density at radius 3 is 2.67 bits per heavy atom. The highest BCUT2D eigenvalue weighted by atomic mass is 15.2. The van der Waals surface area contributed by atoms with E-state index in [4.69, 9.17) is 0 Å². The lowest BCUT2D eigenvalue weighted by atomic mass is 10.3. The first-order valence-corrected chi connectivity index (χ1v) is 3.53. The molecule has 0 unspecified atom stereocenters. The molecule has 2 heteroatoms. The van der Waals surface area contributed by atoms with Crippen LogP contribution in [0, 0.1) is 0 Å². The van der Waals surface area contributed by atoms with E-state index in [2.05, 4.69) is 23.7 Å². The number of rotatable bonds is 1. The first-order valence-electron chi connectivity index (χ1n) is 3.53. The molecule has 1 heterocycles. The predicted octanol–water partition coefficient (Wildman–Crippen LogP) is 0.781. The zero-order valence-corrected chi connectivity index (χ0v) is 6.17. The minimum atomic E-state index is 0.678. The van der Waals surface area contributed by atoms with Crippen LogP contribution < -0.4 is 0 Å². The molecule has 0 aromatic heterocycles. The van der Waals surface area contributed by atoms with Crippen molar-refractivity contribution >= 4 is 6.21 Å². The maximum Gasteiger partial charge on any atom is 0.0513 e. The third-order valence-corrected chi connectivity index (χ3v) is 1.69. The summed E-state index contributed by atoms with van der Waals surface area (Å²) < 4.78 is 0. The van der Waals surface area contributed by atoms with E-state index >= 15 is 0 Å². The molecule has 0 amide bonds. The number of aliphatic imine (C=N–C) groups is 1. The van der Waals surface area contributed by atoms with Gasteiger partial charge in [0.05, 0.1) is 6.54 Å². The lowest BCUT2D eigenvalue weighted by Gasteiger charge is -2.26. The molecule has 0 spiro atoms. The summed E-state index contributed by atoms with van der Waals surface area (Å²) >= 11 is 0. The Hall–Kier alpha value is -0.370. The molecule has 0 fully saturated rings.